The maximum atomic E-state index is 12.6. The fourth-order valence-electron chi connectivity index (χ4n) is 3.14. The average molecular weight is 320 g/mol. The van der Waals surface area contributed by atoms with E-state index >= 15 is 0 Å². The number of rotatable bonds is 4. The minimum Gasteiger partial charge on any atom is -0.374 e. The van der Waals surface area contributed by atoms with Gasteiger partial charge < -0.3 is 14.5 Å². The largest absolute Gasteiger partial charge is 0.374 e. The minimum atomic E-state index is -0.0570. The molecule has 3 rings (SSSR count). The molecule has 0 spiro atoms. The van der Waals surface area contributed by atoms with E-state index in [1.807, 2.05) is 21.8 Å². The summed E-state index contributed by atoms with van der Waals surface area (Å²) in [7, 11) is 0. The van der Waals surface area contributed by atoms with Crippen molar-refractivity contribution in [3.8, 4) is 0 Å². The molecule has 2 aliphatic rings. The van der Waals surface area contributed by atoms with Crippen LogP contribution in [0.25, 0.3) is 0 Å². The Morgan fingerprint density at radius 2 is 2.22 bits per heavy atom. The maximum Gasteiger partial charge on any atom is 0.242 e. The van der Waals surface area contributed by atoms with Crippen LogP contribution in [0, 0.1) is 0 Å². The fourth-order valence-corrected chi connectivity index (χ4v) is 3.14. The third-order valence-electron chi connectivity index (χ3n) is 4.40. The van der Waals surface area contributed by atoms with Gasteiger partial charge >= 0.3 is 0 Å². The van der Waals surface area contributed by atoms with E-state index in [1.165, 1.54) is 0 Å². The van der Waals surface area contributed by atoms with Crippen LogP contribution in [0.1, 0.15) is 25.7 Å². The third kappa shape index (κ3) is 4.31. The highest BCUT2D eigenvalue weighted by molar-refractivity contribution is 5.85. The molecule has 0 aromatic carbocycles. The molecule has 0 radical (unpaired) electrons. The molecule has 1 aromatic rings. The lowest BCUT2D eigenvalue weighted by Gasteiger charge is -2.30. The van der Waals surface area contributed by atoms with Gasteiger partial charge in [0.15, 0.2) is 0 Å². The van der Waals surface area contributed by atoms with Crippen LogP contribution in [0.4, 0.5) is 0 Å². The van der Waals surface area contributed by atoms with Gasteiger partial charge in [-0.3, -0.25) is 14.3 Å². The van der Waals surface area contributed by atoms with Gasteiger partial charge in [-0.1, -0.05) is 0 Å². The summed E-state index contributed by atoms with van der Waals surface area (Å²) in [5.74, 6) is 0.125. The normalized spacial score (nSPS) is 23.0. The SMILES string of the molecule is O=C1CCCCN1CC(=O)N1CCCO[C@H](Cn2cccn2)C1. The molecule has 2 amide bonds. The van der Waals surface area contributed by atoms with Crippen LogP contribution in [-0.4, -0.2) is 70.3 Å². The molecule has 0 unspecified atom stereocenters. The Hall–Kier alpha value is -1.89. The van der Waals surface area contributed by atoms with Crippen molar-refractivity contribution in [2.24, 2.45) is 0 Å². The second kappa shape index (κ2) is 7.59. The Bertz CT molecular complexity index is 531. The van der Waals surface area contributed by atoms with Crippen molar-refractivity contribution in [1.82, 2.24) is 19.6 Å². The lowest BCUT2D eigenvalue weighted by Crippen LogP contribution is -2.46. The molecule has 23 heavy (non-hydrogen) atoms. The minimum absolute atomic E-state index is 0.0243. The summed E-state index contributed by atoms with van der Waals surface area (Å²) in [6, 6.07) is 1.88. The zero-order chi connectivity index (χ0) is 16.1. The Morgan fingerprint density at radius 3 is 3.00 bits per heavy atom. The van der Waals surface area contributed by atoms with Gasteiger partial charge in [-0.2, -0.15) is 5.10 Å². The molecule has 0 saturated carbocycles. The number of hydrogen-bond acceptors (Lipinski definition) is 4. The second-order valence-corrected chi connectivity index (χ2v) is 6.19. The Balaban J connectivity index is 1.56. The predicted molar refractivity (Wildman–Crippen MR) is 83.6 cm³/mol. The third-order valence-corrected chi connectivity index (χ3v) is 4.40. The van der Waals surface area contributed by atoms with Gasteiger partial charge in [-0.25, -0.2) is 0 Å². The van der Waals surface area contributed by atoms with Crippen LogP contribution in [0.5, 0.6) is 0 Å². The van der Waals surface area contributed by atoms with Crippen LogP contribution in [-0.2, 0) is 20.9 Å². The first-order chi connectivity index (χ1) is 11.2. The van der Waals surface area contributed by atoms with E-state index in [0.717, 1.165) is 19.3 Å². The summed E-state index contributed by atoms with van der Waals surface area (Å²) >= 11 is 0. The molecule has 0 bridgehead atoms. The number of ether oxygens (including phenoxy) is 1. The second-order valence-electron chi connectivity index (χ2n) is 6.19. The summed E-state index contributed by atoms with van der Waals surface area (Å²) < 4.78 is 7.66. The summed E-state index contributed by atoms with van der Waals surface area (Å²) in [6.07, 6.45) is 6.90. The number of amides is 2. The van der Waals surface area contributed by atoms with Gasteiger partial charge in [0.1, 0.15) is 0 Å². The van der Waals surface area contributed by atoms with E-state index in [0.29, 0.717) is 39.2 Å². The van der Waals surface area contributed by atoms with Crippen molar-refractivity contribution in [1.29, 1.82) is 0 Å². The summed E-state index contributed by atoms with van der Waals surface area (Å²) in [5.41, 5.74) is 0. The van der Waals surface area contributed by atoms with E-state index in [1.54, 1.807) is 11.1 Å². The van der Waals surface area contributed by atoms with Crippen LogP contribution >= 0.6 is 0 Å². The van der Waals surface area contributed by atoms with Crippen molar-refractivity contribution < 1.29 is 14.3 Å². The number of piperidine rings is 1. The van der Waals surface area contributed by atoms with Gasteiger partial charge in [-0.05, 0) is 25.3 Å². The number of carbonyl (C=O) groups excluding carboxylic acids is 2. The highest BCUT2D eigenvalue weighted by Gasteiger charge is 2.26. The summed E-state index contributed by atoms with van der Waals surface area (Å²) in [4.78, 5) is 28.0. The molecule has 3 heterocycles. The molecule has 2 saturated heterocycles. The van der Waals surface area contributed by atoms with Crippen LogP contribution in [0.2, 0.25) is 0 Å². The number of nitrogens with zero attached hydrogens (tertiary/aromatic N) is 4. The molecule has 1 atom stereocenters. The molecule has 7 heteroatoms. The van der Waals surface area contributed by atoms with Gasteiger partial charge in [-0.15, -0.1) is 0 Å². The van der Waals surface area contributed by atoms with E-state index in [9.17, 15) is 9.59 Å². The molecule has 0 aliphatic carbocycles. The topological polar surface area (TPSA) is 67.7 Å². The van der Waals surface area contributed by atoms with Gasteiger partial charge in [0, 0.05) is 45.1 Å². The maximum absolute atomic E-state index is 12.6. The molecule has 2 fully saturated rings. The van der Waals surface area contributed by atoms with E-state index in [2.05, 4.69) is 5.10 Å². The molecule has 1 aromatic heterocycles. The highest BCUT2D eigenvalue weighted by Crippen LogP contribution is 2.13. The lowest BCUT2D eigenvalue weighted by molar-refractivity contribution is -0.142. The Kier molecular flexibility index (Phi) is 5.27. The van der Waals surface area contributed by atoms with Crippen molar-refractivity contribution in [2.45, 2.75) is 38.3 Å². The van der Waals surface area contributed by atoms with Crippen LogP contribution in [0.3, 0.4) is 0 Å². The molecule has 0 N–H and O–H groups in total. The first kappa shape index (κ1) is 16.0. The predicted octanol–water partition coefficient (Wildman–Crippen LogP) is 0.513. The van der Waals surface area contributed by atoms with Crippen molar-refractivity contribution in [3.63, 3.8) is 0 Å². The highest BCUT2D eigenvalue weighted by atomic mass is 16.5. The number of likely N-dealkylation sites (tertiary alicyclic amines) is 1. The van der Waals surface area contributed by atoms with E-state index in [-0.39, 0.29) is 24.5 Å². The molecular formula is C16H24N4O3. The van der Waals surface area contributed by atoms with Gasteiger partial charge in [0.25, 0.3) is 0 Å². The van der Waals surface area contributed by atoms with Crippen molar-refractivity contribution >= 4 is 11.8 Å². The van der Waals surface area contributed by atoms with Crippen LogP contribution < -0.4 is 0 Å². The summed E-state index contributed by atoms with van der Waals surface area (Å²) in [6.45, 7) is 3.44. The molecular weight excluding hydrogens is 296 g/mol. The number of carbonyl (C=O) groups is 2. The van der Waals surface area contributed by atoms with Crippen molar-refractivity contribution in [3.05, 3.63) is 18.5 Å². The van der Waals surface area contributed by atoms with Crippen LogP contribution in [0.15, 0.2) is 18.5 Å². The van der Waals surface area contributed by atoms with Gasteiger partial charge in [0.2, 0.25) is 11.8 Å². The van der Waals surface area contributed by atoms with Gasteiger partial charge in [0.05, 0.1) is 19.2 Å². The first-order valence-electron chi connectivity index (χ1n) is 8.37. The van der Waals surface area contributed by atoms with Crippen molar-refractivity contribution in [2.75, 3.05) is 32.8 Å². The molecule has 2 aliphatic heterocycles. The fraction of sp³-hybridized carbons (Fsp3) is 0.688. The number of hydrogen-bond donors (Lipinski definition) is 0. The zero-order valence-electron chi connectivity index (χ0n) is 13.4. The average Bonchev–Trinajstić information content (AvgIpc) is 2.93. The standard InChI is InChI=1S/C16H24N4O3/c21-15-5-1-2-7-19(15)13-16(22)18-8-4-10-23-14(11-18)12-20-9-3-6-17-20/h3,6,9,14H,1-2,4-5,7-8,10-13H2/t14-/m0/s1. The monoisotopic (exact) mass is 320 g/mol. The van der Waals surface area contributed by atoms with E-state index in [4.69, 9.17) is 4.74 Å². The summed E-state index contributed by atoms with van der Waals surface area (Å²) in [5, 5.41) is 4.19. The Morgan fingerprint density at radius 1 is 1.30 bits per heavy atom. The Labute approximate surface area is 136 Å². The molecule has 7 nitrogen and oxygen atoms in total. The molecule has 126 valence electrons. The lowest BCUT2D eigenvalue weighted by atomic mass is 10.1. The first-order valence-corrected chi connectivity index (χ1v) is 8.37. The quantitative estimate of drug-likeness (QED) is 0.811. The number of aromatic nitrogens is 2. The zero-order valence-corrected chi connectivity index (χ0v) is 13.4. The van der Waals surface area contributed by atoms with E-state index < -0.39 is 0 Å². The smallest absolute Gasteiger partial charge is 0.242 e.